The van der Waals surface area contributed by atoms with E-state index in [0.717, 1.165) is 22.0 Å². The number of carbonyl (C=O) groups is 1. The van der Waals surface area contributed by atoms with Gasteiger partial charge in [0.05, 0.1) is 5.69 Å². The molecule has 1 amide bonds. The van der Waals surface area contributed by atoms with Crippen LogP contribution in [0.15, 0.2) is 36.4 Å². The van der Waals surface area contributed by atoms with Crippen molar-refractivity contribution >= 4 is 42.1 Å². The molecule has 2 aromatic carbocycles. The summed E-state index contributed by atoms with van der Waals surface area (Å²) in [5.74, 6) is -0.205. The Morgan fingerprint density at radius 1 is 1.19 bits per heavy atom. The molecule has 2 aromatic rings. The number of amides is 1. The van der Waals surface area contributed by atoms with E-state index in [4.69, 9.17) is 10.7 Å². The number of hydrogen-bond donors (Lipinski definition) is 0. The molecule has 1 aliphatic rings. The van der Waals surface area contributed by atoms with E-state index in [1.54, 1.807) is 4.90 Å². The topological polar surface area (TPSA) is 54.5 Å². The number of benzene rings is 2. The normalized spacial score (nSPS) is 19.4. The highest BCUT2D eigenvalue weighted by Crippen LogP contribution is 2.34. The first kappa shape index (κ1) is 14.4. The highest BCUT2D eigenvalue weighted by atomic mass is 35.7. The molecule has 0 N–H and O–H groups in total. The van der Waals surface area contributed by atoms with E-state index in [-0.39, 0.29) is 18.9 Å². The van der Waals surface area contributed by atoms with Gasteiger partial charge in [-0.25, -0.2) is 8.42 Å². The molecule has 1 heterocycles. The Morgan fingerprint density at radius 3 is 2.57 bits per heavy atom. The molecule has 1 unspecified atom stereocenters. The average molecular weight is 324 g/mol. The Kier molecular flexibility index (Phi) is 3.42. The maximum atomic E-state index is 12.2. The summed E-state index contributed by atoms with van der Waals surface area (Å²) in [6.07, 6.45) is -0.0610. The molecular weight excluding hydrogens is 310 g/mol. The number of halogens is 1. The Morgan fingerprint density at radius 2 is 1.90 bits per heavy atom. The summed E-state index contributed by atoms with van der Waals surface area (Å²) < 4.78 is 23.0. The second-order valence-electron chi connectivity index (χ2n) is 5.26. The van der Waals surface area contributed by atoms with Gasteiger partial charge >= 0.3 is 0 Å². The molecule has 0 spiro atoms. The molecular formula is C15H14ClNO3S. The lowest BCUT2D eigenvalue weighted by Gasteiger charge is -2.21. The molecule has 1 saturated heterocycles. The molecule has 1 aliphatic heterocycles. The average Bonchev–Trinajstić information content (AvgIpc) is 2.80. The van der Waals surface area contributed by atoms with Crippen LogP contribution in [0.25, 0.3) is 10.8 Å². The van der Waals surface area contributed by atoms with Crippen LogP contribution in [-0.4, -0.2) is 26.1 Å². The van der Waals surface area contributed by atoms with E-state index >= 15 is 0 Å². The summed E-state index contributed by atoms with van der Waals surface area (Å²) in [6.45, 7) is 2.02. The fourth-order valence-corrected chi connectivity index (χ4v) is 3.83. The van der Waals surface area contributed by atoms with Crippen LogP contribution in [0.4, 0.5) is 5.69 Å². The van der Waals surface area contributed by atoms with E-state index in [1.807, 2.05) is 43.3 Å². The maximum Gasteiger partial charge on any atom is 0.237 e. The van der Waals surface area contributed by atoms with Gasteiger partial charge in [-0.1, -0.05) is 36.4 Å². The van der Waals surface area contributed by atoms with Crippen LogP contribution in [0.1, 0.15) is 12.0 Å². The van der Waals surface area contributed by atoms with Crippen molar-refractivity contribution in [2.24, 2.45) is 0 Å². The highest BCUT2D eigenvalue weighted by molar-refractivity contribution is 8.14. The van der Waals surface area contributed by atoms with Gasteiger partial charge < -0.3 is 4.90 Å². The van der Waals surface area contributed by atoms with Gasteiger partial charge in [0.15, 0.2) is 0 Å². The first-order valence-corrected chi connectivity index (χ1v) is 8.97. The third-order valence-corrected chi connectivity index (χ3v) is 5.73. The first-order valence-electron chi connectivity index (χ1n) is 6.60. The van der Waals surface area contributed by atoms with Gasteiger partial charge in [0.25, 0.3) is 0 Å². The summed E-state index contributed by atoms with van der Waals surface area (Å²) >= 11 is 0. The van der Waals surface area contributed by atoms with E-state index in [9.17, 15) is 13.2 Å². The molecule has 0 aliphatic carbocycles. The minimum Gasteiger partial charge on any atom is -0.310 e. The Labute approximate surface area is 127 Å². The number of rotatable bonds is 2. The lowest BCUT2D eigenvalue weighted by Crippen LogP contribution is -2.27. The smallest absolute Gasteiger partial charge is 0.237 e. The number of aryl methyl sites for hydroxylation is 1. The van der Waals surface area contributed by atoms with Crippen molar-refractivity contribution in [3.8, 4) is 0 Å². The summed E-state index contributed by atoms with van der Waals surface area (Å²) in [5, 5.41) is 1.12. The number of nitrogens with zero attached hydrogens (tertiary/aromatic N) is 1. The van der Waals surface area contributed by atoms with Crippen molar-refractivity contribution in [1.29, 1.82) is 0 Å². The number of fused-ring (bicyclic) bond motifs is 1. The minimum atomic E-state index is -3.73. The zero-order chi connectivity index (χ0) is 15.2. The largest absolute Gasteiger partial charge is 0.310 e. The molecule has 1 atom stereocenters. The van der Waals surface area contributed by atoms with Crippen molar-refractivity contribution in [3.63, 3.8) is 0 Å². The van der Waals surface area contributed by atoms with Crippen LogP contribution < -0.4 is 4.90 Å². The van der Waals surface area contributed by atoms with Gasteiger partial charge in [-0.3, -0.25) is 4.79 Å². The zero-order valence-electron chi connectivity index (χ0n) is 11.4. The summed E-state index contributed by atoms with van der Waals surface area (Å²) in [5.41, 5.74) is 1.72. The lowest BCUT2D eigenvalue weighted by molar-refractivity contribution is -0.117. The van der Waals surface area contributed by atoms with Gasteiger partial charge in [0.1, 0.15) is 5.25 Å². The first-order chi connectivity index (χ1) is 9.88. The molecule has 3 rings (SSSR count). The maximum absolute atomic E-state index is 12.2. The molecule has 110 valence electrons. The van der Waals surface area contributed by atoms with Crippen LogP contribution in [0.5, 0.6) is 0 Å². The van der Waals surface area contributed by atoms with E-state index in [1.165, 1.54) is 0 Å². The van der Waals surface area contributed by atoms with E-state index in [2.05, 4.69) is 0 Å². The Hall–Kier alpha value is -1.59. The molecule has 6 heteroatoms. The summed E-state index contributed by atoms with van der Waals surface area (Å²) in [6, 6.07) is 11.7. The van der Waals surface area contributed by atoms with Crippen LogP contribution in [0, 0.1) is 6.92 Å². The van der Waals surface area contributed by atoms with Crippen molar-refractivity contribution in [2.45, 2.75) is 18.6 Å². The summed E-state index contributed by atoms with van der Waals surface area (Å²) in [7, 11) is 1.68. The number of anilines is 1. The quantitative estimate of drug-likeness (QED) is 0.799. The monoisotopic (exact) mass is 323 g/mol. The second kappa shape index (κ2) is 5.00. The van der Waals surface area contributed by atoms with E-state index in [0.29, 0.717) is 0 Å². The number of hydrogen-bond acceptors (Lipinski definition) is 3. The van der Waals surface area contributed by atoms with E-state index < -0.39 is 14.3 Å². The van der Waals surface area contributed by atoms with Crippen LogP contribution in [0.3, 0.4) is 0 Å². The standard InChI is InChI=1S/C15H14ClNO3S/c1-10-6-7-11-4-2-3-5-13(11)15(10)17-9-12(8-14(17)18)21(16,19)20/h2-7,12H,8-9H2,1H3. The van der Waals surface area contributed by atoms with Gasteiger partial charge in [0.2, 0.25) is 15.0 Å². The molecule has 0 aromatic heterocycles. The molecule has 21 heavy (non-hydrogen) atoms. The molecule has 0 radical (unpaired) electrons. The van der Waals surface area contributed by atoms with Crippen molar-refractivity contribution in [1.82, 2.24) is 0 Å². The second-order valence-corrected chi connectivity index (χ2v) is 8.17. The van der Waals surface area contributed by atoms with Crippen LogP contribution in [0.2, 0.25) is 0 Å². The van der Waals surface area contributed by atoms with Crippen LogP contribution >= 0.6 is 10.7 Å². The Balaban J connectivity index is 2.13. The predicted molar refractivity (Wildman–Crippen MR) is 84.2 cm³/mol. The SMILES string of the molecule is Cc1ccc2ccccc2c1N1CC(S(=O)(=O)Cl)CC1=O. The minimum absolute atomic E-state index is 0.0610. The highest BCUT2D eigenvalue weighted by Gasteiger charge is 2.38. The Bertz CT molecular complexity index is 832. The van der Waals surface area contributed by atoms with Gasteiger partial charge in [-0.15, -0.1) is 0 Å². The van der Waals surface area contributed by atoms with Gasteiger partial charge in [-0.2, -0.15) is 0 Å². The fourth-order valence-electron chi connectivity index (χ4n) is 2.80. The van der Waals surface area contributed by atoms with Gasteiger partial charge in [-0.05, 0) is 17.9 Å². The third-order valence-electron chi connectivity index (χ3n) is 3.86. The molecule has 4 nitrogen and oxygen atoms in total. The molecule has 1 fully saturated rings. The lowest BCUT2D eigenvalue weighted by atomic mass is 10.0. The van der Waals surface area contributed by atoms with Gasteiger partial charge in [0, 0.05) is 29.0 Å². The predicted octanol–water partition coefficient (Wildman–Crippen LogP) is 2.82. The van der Waals surface area contributed by atoms with Crippen molar-refractivity contribution in [2.75, 3.05) is 11.4 Å². The molecule has 0 saturated carbocycles. The number of carbonyl (C=O) groups excluding carboxylic acids is 1. The molecule has 0 bridgehead atoms. The summed E-state index contributed by atoms with van der Waals surface area (Å²) in [4.78, 5) is 13.8. The van der Waals surface area contributed by atoms with Crippen molar-refractivity contribution in [3.05, 3.63) is 42.0 Å². The fraction of sp³-hybridized carbons (Fsp3) is 0.267. The van der Waals surface area contributed by atoms with Crippen LogP contribution in [-0.2, 0) is 13.8 Å². The third kappa shape index (κ3) is 2.51. The zero-order valence-corrected chi connectivity index (χ0v) is 13.0. The van der Waals surface area contributed by atoms with Crippen molar-refractivity contribution < 1.29 is 13.2 Å².